The van der Waals surface area contributed by atoms with E-state index in [0.29, 0.717) is 18.4 Å². The van der Waals surface area contributed by atoms with Gasteiger partial charge < -0.3 is 14.7 Å². The maximum atomic E-state index is 12.0. The van der Waals surface area contributed by atoms with E-state index in [2.05, 4.69) is 20.0 Å². The third-order valence-corrected chi connectivity index (χ3v) is 3.05. The zero-order valence-corrected chi connectivity index (χ0v) is 8.93. The molecule has 0 spiro atoms. The number of amides is 1. The summed E-state index contributed by atoms with van der Waals surface area (Å²) in [5, 5.41) is 7.07. The summed E-state index contributed by atoms with van der Waals surface area (Å²) >= 11 is 0. The van der Waals surface area contributed by atoms with Gasteiger partial charge in [-0.05, 0) is 19.3 Å². The minimum Gasteiger partial charge on any atom is -0.343 e. The minimum atomic E-state index is -0.000555. The van der Waals surface area contributed by atoms with Gasteiger partial charge in [0, 0.05) is 12.6 Å². The summed E-state index contributed by atoms with van der Waals surface area (Å²) in [6.07, 6.45) is 4.58. The van der Waals surface area contributed by atoms with Gasteiger partial charge in [0.25, 0.3) is 0 Å². The van der Waals surface area contributed by atoms with Gasteiger partial charge in [0.05, 0.1) is 12.6 Å². The highest BCUT2D eigenvalue weighted by molar-refractivity contribution is 5.83. The van der Waals surface area contributed by atoms with Crippen LogP contribution < -0.4 is 5.32 Å². The molecule has 1 atom stereocenters. The summed E-state index contributed by atoms with van der Waals surface area (Å²) < 4.78 is 4.65. The van der Waals surface area contributed by atoms with Gasteiger partial charge >= 0.3 is 0 Å². The van der Waals surface area contributed by atoms with Crippen molar-refractivity contribution in [2.45, 2.75) is 37.9 Å². The van der Waals surface area contributed by atoms with E-state index < -0.39 is 0 Å². The van der Waals surface area contributed by atoms with Crippen LogP contribution in [0.25, 0.3) is 0 Å². The first kappa shape index (κ1) is 9.77. The zero-order valence-electron chi connectivity index (χ0n) is 8.93. The summed E-state index contributed by atoms with van der Waals surface area (Å²) in [5.41, 5.74) is 0. The summed E-state index contributed by atoms with van der Waals surface area (Å²) in [6.45, 7) is 1.23. The quantitative estimate of drug-likeness (QED) is 0.771. The zero-order chi connectivity index (χ0) is 11.0. The maximum absolute atomic E-state index is 12.0. The predicted molar refractivity (Wildman–Crippen MR) is 54.3 cm³/mol. The van der Waals surface area contributed by atoms with Crippen LogP contribution in [-0.4, -0.2) is 39.6 Å². The van der Waals surface area contributed by atoms with Crippen molar-refractivity contribution < 1.29 is 9.32 Å². The fourth-order valence-corrected chi connectivity index (χ4v) is 2.02. The molecule has 1 N–H and O–H groups in total. The van der Waals surface area contributed by atoms with E-state index in [-0.39, 0.29) is 11.9 Å². The van der Waals surface area contributed by atoms with Gasteiger partial charge in [0.2, 0.25) is 12.3 Å². The van der Waals surface area contributed by atoms with Crippen LogP contribution in [0.3, 0.4) is 0 Å². The number of likely N-dealkylation sites (tertiary alicyclic amines) is 1. The highest BCUT2D eigenvalue weighted by Gasteiger charge is 2.35. The first-order valence-electron chi connectivity index (χ1n) is 5.63. The lowest BCUT2D eigenvalue weighted by molar-refractivity contribution is -0.130. The van der Waals surface area contributed by atoms with Crippen molar-refractivity contribution in [3.05, 3.63) is 12.2 Å². The minimum absolute atomic E-state index is 0.000555. The lowest BCUT2D eigenvalue weighted by Gasteiger charge is -2.14. The van der Waals surface area contributed by atoms with Crippen molar-refractivity contribution in [3.8, 4) is 0 Å². The molecule has 1 saturated carbocycles. The smallest absolute Gasteiger partial charge is 0.240 e. The lowest BCUT2D eigenvalue weighted by Crippen LogP contribution is -2.39. The first-order valence-corrected chi connectivity index (χ1v) is 5.63. The second-order valence-electron chi connectivity index (χ2n) is 4.39. The van der Waals surface area contributed by atoms with Crippen molar-refractivity contribution in [2.75, 3.05) is 6.54 Å². The van der Waals surface area contributed by atoms with Crippen molar-refractivity contribution in [2.24, 2.45) is 0 Å². The van der Waals surface area contributed by atoms with Crippen LogP contribution in [0.2, 0.25) is 0 Å². The normalized spacial score (nSPS) is 25.4. The second-order valence-corrected chi connectivity index (χ2v) is 4.39. The summed E-state index contributed by atoms with van der Waals surface area (Å²) in [4.78, 5) is 17.7. The molecule has 16 heavy (non-hydrogen) atoms. The Bertz CT molecular complexity index is 374. The van der Waals surface area contributed by atoms with Gasteiger partial charge in [-0.3, -0.25) is 4.79 Å². The number of hydrogen-bond acceptors (Lipinski definition) is 5. The Morgan fingerprint density at radius 3 is 3.06 bits per heavy atom. The van der Waals surface area contributed by atoms with E-state index in [4.69, 9.17) is 0 Å². The number of hydrogen-bond donors (Lipinski definition) is 1. The Morgan fingerprint density at radius 1 is 1.50 bits per heavy atom. The molecule has 2 aliphatic rings. The number of carbonyl (C=O) groups excluding carboxylic acids is 1. The molecule has 1 aromatic heterocycles. The average Bonchev–Trinajstić information content (AvgIpc) is 2.83. The topological polar surface area (TPSA) is 71.3 Å². The van der Waals surface area contributed by atoms with Crippen LogP contribution in [0.15, 0.2) is 10.9 Å². The third kappa shape index (κ3) is 1.92. The number of rotatable bonds is 4. The van der Waals surface area contributed by atoms with Gasteiger partial charge in [-0.1, -0.05) is 5.16 Å². The molecule has 0 radical (unpaired) electrons. The number of nitrogens with zero attached hydrogens (tertiary/aromatic N) is 3. The molecule has 2 fully saturated rings. The predicted octanol–water partition coefficient (Wildman–Crippen LogP) is -0.0775. The van der Waals surface area contributed by atoms with Gasteiger partial charge in [-0.2, -0.15) is 4.98 Å². The van der Waals surface area contributed by atoms with E-state index in [1.54, 1.807) is 4.90 Å². The van der Waals surface area contributed by atoms with Gasteiger partial charge in [-0.25, -0.2) is 0 Å². The molecule has 1 unspecified atom stereocenters. The number of nitrogens with one attached hydrogen (secondary N) is 1. The Balaban J connectivity index is 1.58. The van der Waals surface area contributed by atoms with Crippen LogP contribution >= 0.6 is 0 Å². The van der Waals surface area contributed by atoms with E-state index in [9.17, 15) is 4.79 Å². The molecular formula is C10H14N4O2. The van der Waals surface area contributed by atoms with Gasteiger partial charge in [0.15, 0.2) is 5.82 Å². The molecule has 0 bridgehead atoms. The summed E-state index contributed by atoms with van der Waals surface area (Å²) in [6, 6.07) is 0.568. The van der Waals surface area contributed by atoms with Crippen molar-refractivity contribution >= 4 is 5.91 Å². The molecule has 1 amide bonds. The standard InChI is InChI=1S/C10H14N4O2/c15-10-8(12-7-1-2-7)3-4-14(10)5-9-11-6-16-13-9/h6-8,12H,1-5H2. The third-order valence-electron chi connectivity index (χ3n) is 3.05. The highest BCUT2D eigenvalue weighted by atomic mass is 16.5. The highest BCUT2D eigenvalue weighted by Crippen LogP contribution is 2.22. The molecule has 3 rings (SSSR count). The summed E-state index contributed by atoms with van der Waals surface area (Å²) in [5.74, 6) is 0.733. The molecule has 86 valence electrons. The van der Waals surface area contributed by atoms with E-state index in [1.165, 1.54) is 19.2 Å². The molecule has 1 aromatic rings. The van der Waals surface area contributed by atoms with Crippen LogP contribution in [0, 0.1) is 0 Å². The lowest BCUT2D eigenvalue weighted by atomic mass is 10.2. The molecule has 0 aromatic carbocycles. The van der Waals surface area contributed by atoms with E-state index >= 15 is 0 Å². The largest absolute Gasteiger partial charge is 0.343 e. The first-order chi connectivity index (χ1) is 7.83. The Kier molecular flexibility index (Phi) is 2.36. The van der Waals surface area contributed by atoms with E-state index in [1.807, 2.05) is 0 Å². The van der Waals surface area contributed by atoms with Crippen LogP contribution in [0.5, 0.6) is 0 Å². The molecule has 6 nitrogen and oxygen atoms in total. The molecule has 1 aliphatic heterocycles. The molecule has 2 heterocycles. The van der Waals surface area contributed by atoms with Crippen LogP contribution in [-0.2, 0) is 11.3 Å². The molecule has 6 heteroatoms. The van der Waals surface area contributed by atoms with Crippen LogP contribution in [0.1, 0.15) is 25.1 Å². The van der Waals surface area contributed by atoms with Gasteiger partial charge in [0.1, 0.15) is 0 Å². The summed E-state index contributed by atoms with van der Waals surface area (Å²) in [7, 11) is 0. The van der Waals surface area contributed by atoms with E-state index in [0.717, 1.165) is 13.0 Å². The average molecular weight is 222 g/mol. The van der Waals surface area contributed by atoms with Crippen LogP contribution in [0.4, 0.5) is 0 Å². The molecule has 1 saturated heterocycles. The van der Waals surface area contributed by atoms with Crippen molar-refractivity contribution in [3.63, 3.8) is 0 Å². The number of carbonyl (C=O) groups is 1. The fourth-order valence-electron chi connectivity index (χ4n) is 2.02. The molecule has 1 aliphatic carbocycles. The Labute approximate surface area is 93.0 Å². The maximum Gasteiger partial charge on any atom is 0.240 e. The Morgan fingerprint density at radius 2 is 2.38 bits per heavy atom. The Hall–Kier alpha value is -1.43. The second kappa shape index (κ2) is 3.86. The molecular weight excluding hydrogens is 208 g/mol. The fraction of sp³-hybridized carbons (Fsp3) is 0.700. The SMILES string of the molecule is O=C1C(NC2CC2)CCN1Cc1ncon1. The number of aromatic nitrogens is 2. The van der Waals surface area contributed by atoms with Gasteiger partial charge in [-0.15, -0.1) is 0 Å². The van der Waals surface area contributed by atoms with Crippen molar-refractivity contribution in [1.29, 1.82) is 0 Å². The monoisotopic (exact) mass is 222 g/mol. The van der Waals surface area contributed by atoms with Crippen molar-refractivity contribution in [1.82, 2.24) is 20.4 Å².